The van der Waals surface area contributed by atoms with E-state index in [-0.39, 0.29) is 65.0 Å². The summed E-state index contributed by atoms with van der Waals surface area (Å²) in [5.41, 5.74) is 8.70. The van der Waals surface area contributed by atoms with Crippen LogP contribution in [0.3, 0.4) is 0 Å². The molecule has 15 nitrogen and oxygen atoms in total. The Bertz CT molecular complexity index is 5850. The highest BCUT2D eigenvalue weighted by atomic mass is 32.2. The van der Waals surface area contributed by atoms with E-state index >= 15 is 0 Å². The van der Waals surface area contributed by atoms with E-state index < -0.39 is 54.5 Å². The highest BCUT2D eigenvalue weighted by Gasteiger charge is 2.53. The third-order valence-corrected chi connectivity index (χ3v) is 41.9. The summed E-state index contributed by atoms with van der Waals surface area (Å²) >= 11 is 0. The number of nitrogens with one attached hydrogen (secondary N) is 1. The predicted molar refractivity (Wildman–Crippen MR) is 500 cm³/mol. The zero-order valence-corrected chi connectivity index (χ0v) is 77.7. The number of ketones is 1. The van der Waals surface area contributed by atoms with Crippen LogP contribution >= 0.6 is 0 Å². The zero-order valence-electron chi connectivity index (χ0n) is 72.3. The van der Waals surface area contributed by atoms with Crippen molar-refractivity contribution in [3.63, 3.8) is 0 Å². The predicted octanol–water partition coefficient (Wildman–Crippen LogP) is 18.0. The molecule has 0 spiro atoms. The van der Waals surface area contributed by atoms with E-state index in [9.17, 15) is 30.0 Å². The molecule has 1 unspecified atom stereocenters. The van der Waals surface area contributed by atoms with Gasteiger partial charge in [0.25, 0.3) is 25.0 Å². The van der Waals surface area contributed by atoms with Crippen molar-refractivity contribution in [2.45, 2.75) is 200 Å². The van der Waals surface area contributed by atoms with Crippen LogP contribution in [-0.2, 0) is 82.2 Å². The Balaban J connectivity index is 0.000000174. The van der Waals surface area contributed by atoms with Gasteiger partial charge in [-0.1, -0.05) is 300 Å². The van der Waals surface area contributed by atoms with Crippen LogP contribution in [0, 0.1) is 17.8 Å². The lowest BCUT2D eigenvalue weighted by molar-refractivity contribution is 0.0930. The molecule has 1 N–H and O–H groups in total. The van der Waals surface area contributed by atoms with Gasteiger partial charge in [0.2, 0.25) is 0 Å². The summed E-state index contributed by atoms with van der Waals surface area (Å²) in [6.07, 6.45) is 4.67. The molecule has 12 aromatic rings. The van der Waals surface area contributed by atoms with Gasteiger partial charge in [0, 0.05) is 95.3 Å². The van der Waals surface area contributed by atoms with Gasteiger partial charge in [-0.2, -0.15) is 0 Å². The standard InChI is InChI=1S/C33H41NO4SSi.C32H40N2O3SSi.C32H38N2O3SSi.CH4/c1-8-19-34-29-22-31(39(7,36)37)26(20-25(29)21-30(34)32(35)24(2)3)23-38-40(33(4,5)6,27-15-11-9-12-16-27)28-17-13-10-14-18-28;2*1-23(2)31-29-20-24-19-25(30(38(6,35)36)21-28(24)34(29)18-17-33-31)22-37-39(32(3,4)5,26-13-9-7-10-14-26)27-15-11-8-12-16-27;/h9-18,20-22,24H,8,19,23H2,1-7H3;7-16,19-21,23,31,33H,17-18,22H2,1-6H3;7-16,19-21,23H,17-18,22H2,1-6H3;1H4. The van der Waals surface area contributed by atoms with Crippen molar-refractivity contribution >= 4 is 130 Å². The minimum atomic E-state index is -3.58. The fourth-order valence-electron chi connectivity index (χ4n) is 18.0. The Kier molecular flexibility index (Phi) is 27.6. The van der Waals surface area contributed by atoms with Gasteiger partial charge in [0.1, 0.15) is 0 Å². The first-order chi connectivity index (χ1) is 55.7. The van der Waals surface area contributed by atoms with Gasteiger partial charge in [-0.05, 0) is 136 Å². The molecule has 2 aliphatic rings. The van der Waals surface area contributed by atoms with E-state index in [1.54, 1.807) is 6.07 Å². The molecular formula is C98H123N5O10S3Si3. The molecule has 21 heteroatoms. The molecule has 1 atom stereocenters. The quantitative estimate of drug-likeness (QED) is 0.0448. The molecule has 0 bridgehead atoms. The first-order valence-electron chi connectivity index (χ1n) is 41.3. The summed E-state index contributed by atoms with van der Waals surface area (Å²) in [4.78, 5) is 18.8. The van der Waals surface area contributed by atoms with E-state index in [2.05, 4.69) is 245 Å². The second-order valence-electron chi connectivity index (χ2n) is 35.9. The van der Waals surface area contributed by atoms with E-state index in [0.29, 0.717) is 51.5 Å². The molecule has 14 rings (SSSR count). The first-order valence-corrected chi connectivity index (χ1v) is 52.7. The SMILES string of the molecule is C.CC(C)C1=NCCn2c1cc1cc(CO[Si](c3ccccc3)(c3ccccc3)C(C)(C)C)c(S(C)(=O)=O)cc12.CC(C)C1NCCn2c1cc1cc(CO[Si](c3ccccc3)(c3ccccc3)C(C)(C)C)c(S(C)(=O)=O)cc12.CCCn1c(C(=O)C(C)C)cc2cc(CO[Si](c3ccccc3)(c3ccccc3)C(C)(C)C)c(S(C)(=O)=O)cc21. The summed E-state index contributed by atoms with van der Waals surface area (Å²) in [5, 5.41) is 12.9. The first kappa shape index (κ1) is 91.0. The number of fused-ring (bicyclic) bond motifs is 7. The van der Waals surface area contributed by atoms with E-state index in [1.165, 1.54) is 45.2 Å². The van der Waals surface area contributed by atoms with Gasteiger partial charge >= 0.3 is 0 Å². The average molecular weight is 1710 g/mol. The summed E-state index contributed by atoms with van der Waals surface area (Å²) in [6, 6.07) is 80.5. The molecule has 5 heterocycles. The number of benzene rings is 9. The van der Waals surface area contributed by atoms with Crippen LogP contribution in [0.2, 0.25) is 15.1 Å². The molecule has 119 heavy (non-hydrogen) atoms. The van der Waals surface area contributed by atoms with Crippen LogP contribution in [0.15, 0.2) is 256 Å². The van der Waals surface area contributed by atoms with Gasteiger partial charge in [-0.3, -0.25) is 9.79 Å². The Morgan fingerprint density at radius 2 is 0.782 bits per heavy atom. The van der Waals surface area contributed by atoms with Crippen LogP contribution in [0.25, 0.3) is 32.7 Å². The fraction of sp³-hybridized carbons (Fsp3) is 0.367. The number of carbonyl (C=O) groups is 1. The Hall–Kier alpha value is -8.72. The van der Waals surface area contributed by atoms with E-state index in [4.69, 9.17) is 18.3 Å². The maximum atomic E-state index is 13.2. The number of Topliss-reactive ketones (excluding diaryl/α,β-unsaturated/α-hetero) is 1. The van der Waals surface area contributed by atoms with Crippen LogP contribution < -0.4 is 36.4 Å². The zero-order chi connectivity index (χ0) is 85.3. The number of carbonyl (C=O) groups excluding carboxylic acids is 1. The lowest BCUT2D eigenvalue weighted by atomic mass is 9.99. The van der Waals surface area contributed by atoms with Crippen LogP contribution in [0.1, 0.15) is 169 Å². The topological polar surface area (TPSA) is 186 Å². The minimum Gasteiger partial charge on any atom is -0.403 e. The average Bonchev–Trinajstić information content (AvgIpc) is 1.08. The molecule has 630 valence electrons. The number of sulfone groups is 3. The minimum absolute atomic E-state index is 0. The summed E-state index contributed by atoms with van der Waals surface area (Å²) in [7, 11) is -19.1. The van der Waals surface area contributed by atoms with Gasteiger partial charge in [0.05, 0.1) is 58.2 Å². The number of aliphatic imine (C=N–C) groups is 1. The third kappa shape index (κ3) is 18.4. The fourth-order valence-corrected chi connectivity index (χ4v) is 34.4. The van der Waals surface area contributed by atoms with Gasteiger partial charge in [-0.15, -0.1) is 0 Å². The number of hydrogen-bond acceptors (Lipinski definition) is 12. The molecular weight excluding hydrogens is 1590 g/mol. The molecule has 0 amide bonds. The molecule has 0 saturated heterocycles. The Labute approximate surface area is 711 Å². The summed E-state index contributed by atoms with van der Waals surface area (Å²) < 4.78 is 107. The summed E-state index contributed by atoms with van der Waals surface area (Å²) in [5.74, 6) is 0.615. The van der Waals surface area contributed by atoms with Crippen molar-refractivity contribution in [2.24, 2.45) is 22.7 Å². The third-order valence-electron chi connectivity index (χ3n) is 23.4. The number of aromatic nitrogens is 3. The van der Waals surface area contributed by atoms with E-state index in [0.717, 1.165) is 86.1 Å². The maximum absolute atomic E-state index is 13.2. The second-order valence-corrected chi connectivity index (χ2v) is 54.8. The largest absolute Gasteiger partial charge is 0.403 e. The van der Waals surface area contributed by atoms with E-state index in [1.807, 2.05) is 115 Å². The highest BCUT2D eigenvalue weighted by molar-refractivity contribution is 7.91. The number of rotatable bonds is 24. The smallest absolute Gasteiger partial charge is 0.261 e. The Morgan fingerprint density at radius 1 is 0.454 bits per heavy atom. The van der Waals surface area contributed by atoms with Crippen molar-refractivity contribution in [2.75, 3.05) is 31.9 Å². The molecule has 0 fully saturated rings. The van der Waals surface area contributed by atoms with Crippen molar-refractivity contribution < 1.29 is 43.3 Å². The van der Waals surface area contributed by atoms with Crippen LogP contribution in [0.5, 0.6) is 0 Å². The number of hydrogen-bond donors (Lipinski definition) is 1. The highest BCUT2D eigenvalue weighted by Crippen LogP contribution is 2.43. The molecule has 9 aromatic carbocycles. The molecule has 2 aliphatic heterocycles. The Morgan fingerprint density at radius 3 is 1.09 bits per heavy atom. The molecule has 3 aromatic heterocycles. The lowest BCUT2D eigenvalue weighted by Crippen LogP contribution is -2.66. The molecule has 0 aliphatic carbocycles. The second kappa shape index (κ2) is 36.1. The van der Waals surface area contributed by atoms with Gasteiger partial charge in [0.15, 0.2) is 35.3 Å². The van der Waals surface area contributed by atoms with Crippen molar-refractivity contribution in [3.8, 4) is 0 Å². The number of aryl methyl sites for hydroxylation is 1. The van der Waals surface area contributed by atoms with Gasteiger partial charge < -0.3 is 32.3 Å². The maximum Gasteiger partial charge on any atom is 0.261 e. The normalized spacial score (nSPS) is 14.5. The van der Waals surface area contributed by atoms with Crippen molar-refractivity contribution in [3.05, 3.63) is 270 Å². The number of nitrogens with zero attached hydrogens (tertiary/aromatic N) is 4. The lowest BCUT2D eigenvalue weighted by Gasteiger charge is -2.43. The molecule has 0 radical (unpaired) electrons. The molecule has 0 saturated carbocycles. The van der Waals surface area contributed by atoms with Crippen molar-refractivity contribution in [1.82, 2.24) is 19.0 Å². The summed E-state index contributed by atoms with van der Waals surface area (Å²) in [6.45, 7) is 38.9. The monoisotopic (exact) mass is 1710 g/mol. The van der Waals surface area contributed by atoms with Crippen molar-refractivity contribution in [1.29, 1.82) is 0 Å². The van der Waals surface area contributed by atoms with Crippen LogP contribution in [0.4, 0.5) is 0 Å². The van der Waals surface area contributed by atoms with Crippen LogP contribution in [-0.4, -0.2) is 107 Å². The van der Waals surface area contributed by atoms with Gasteiger partial charge in [-0.25, -0.2) is 25.3 Å².